The Labute approximate surface area is 160 Å². The molecular formula is C19H18ClN3O4. The van der Waals surface area contributed by atoms with Crippen LogP contribution in [0.25, 0.3) is 0 Å². The highest BCUT2D eigenvalue weighted by Crippen LogP contribution is 2.24. The van der Waals surface area contributed by atoms with Crippen LogP contribution < -0.4 is 10.6 Å². The fraction of sp³-hybridized carbons (Fsp3) is 0.263. The molecule has 0 unspecified atom stereocenters. The molecule has 8 heteroatoms. The zero-order chi connectivity index (χ0) is 19.4. The predicted molar refractivity (Wildman–Crippen MR) is 102 cm³/mol. The Bertz CT molecular complexity index is 877. The maximum atomic E-state index is 12.4. The molecule has 3 rings (SSSR count). The number of nitrogens with zero attached hydrogens (tertiary/aromatic N) is 1. The molecule has 140 valence electrons. The quantitative estimate of drug-likeness (QED) is 0.593. The zero-order valence-electron chi connectivity index (χ0n) is 14.4. The number of carbonyl (C=O) groups is 2. The second-order valence-corrected chi connectivity index (χ2v) is 6.84. The van der Waals surface area contributed by atoms with E-state index in [9.17, 15) is 19.7 Å². The summed E-state index contributed by atoms with van der Waals surface area (Å²) in [4.78, 5) is 35.0. The van der Waals surface area contributed by atoms with Crippen molar-refractivity contribution in [2.75, 3.05) is 5.32 Å². The van der Waals surface area contributed by atoms with Gasteiger partial charge in [0.05, 0.1) is 4.92 Å². The maximum Gasteiger partial charge on any atom is 0.283 e. The SMILES string of the molecule is O=C(NC1CCCC1)c1ccc(NC(=O)c2ccc(Cl)cc2[N+](=O)[O-])cc1. The van der Waals surface area contributed by atoms with E-state index in [4.69, 9.17) is 11.6 Å². The van der Waals surface area contributed by atoms with Gasteiger partial charge in [-0.2, -0.15) is 0 Å². The van der Waals surface area contributed by atoms with Crippen LogP contribution in [0.1, 0.15) is 46.4 Å². The Hall–Kier alpha value is -2.93. The molecule has 1 fully saturated rings. The van der Waals surface area contributed by atoms with Crippen molar-refractivity contribution in [1.29, 1.82) is 0 Å². The van der Waals surface area contributed by atoms with Gasteiger partial charge in [-0.1, -0.05) is 24.4 Å². The molecule has 1 aliphatic rings. The molecule has 0 aliphatic heterocycles. The first-order valence-electron chi connectivity index (χ1n) is 8.60. The molecule has 1 saturated carbocycles. The number of halogens is 1. The monoisotopic (exact) mass is 387 g/mol. The third kappa shape index (κ3) is 4.62. The van der Waals surface area contributed by atoms with E-state index in [0.717, 1.165) is 31.7 Å². The summed E-state index contributed by atoms with van der Waals surface area (Å²) in [5.41, 5.74) is 0.471. The number of nitrogens with one attached hydrogen (secondary N) is 2. The van der Waals surface area contributed by atoms with Gasteiger partial charge in [-0.3, -0.25) is 19.7 Å². The highest BCUT2D eigenvalue weighted by molar-refractivity contribution is 6.31. The van der Waals surface area contributed by atoms with Gasteiger partial charge in [-0.05, 0) is 49.2 Å². The standard InChI is InChI=1S/C19H18ClN3O4/c20-13-7-10-16(17(11-13)23(26)27)19(25)22-15-8-5-12(6-9-15)18(24)21-14-3-1-2-4-14/h5-11,14H,1-4H2,(H,21,24)(H,22,25). The lowest BCUT2D eigenvalue weighted by atomic mass is 10.1. The van der Waals surface area contributed by atoms with E-state index in [1.54, 1.807) is 24.3 Å². The Balaban J connectivity index is 1.68. The average molecular weight is 388 g/mol. The van der Waals surface area contributed by atoms with Crippen LogP contribution in [-0.4, -0.2) is 22.8 Å². The number of hydrogen-bond donors (Lipinski definition) is 2. The minimum Gasteiger partial charge on any atom is -0.349 e. The van der Waals surface area contributed by atoms with Gasteiger partial charge in [-0.15, -0.1) is 0 Å². The molecule has 0 spiro atoms. The van der Waals surface area contributed by atoms with E-state index in [0.29, 0.717) is 11.3 Å². The van der Waals surface area contributed by atoms with Crippen LogP contribution in [-0.2, 0) is 0 Å². The molecule has 1 aliphatic carbocycles. The van der Waals surface area contributed by atoms with Crippen molar-refractivity contribution >= 4 is 34.8 Å². The second-order valence-electron chi connectivity index (χ2n) is 6.40. The molecule has 0 saturated heterocycles. The Morgan fingerprint density at radius 2 is 1.70 bits per heavy atom. The smallest absolute Gasteiger partial charge is 0.283 e. The second kappa shape index (κ2) is 8.18. The first-order chi connectivity index (χ1) is 12.9. The van der Waals surface area contributed by atoms with Crippen LogP contribution in [0.2, 0.25) is 5.02 Å². The first kappa shape index (κ1) is 18.8. The Morgan fingerprint density at radius 3 is 2.33 bits per heavy atom. The highest BCUT2D eigenvalue weighted by Gasteiger charge is 2.21. The maximum absolute atomic E-state index is 12.4. The highest BCUT2D eigenvalue weighted by atomic mass is 35.5. The molecular weight excluding hydrogens is 370 g/mol. The molecule has 2 aromatic carbocycles. The van der Waals surface area contributed by atoms with E-state index in [1.165, 1.54) is 12.1 Å². The van der Waals surface area contributed by atoms with Crippen molar-refractivity contribution < 1.29 is 14.5 Å². The normalized spacial score (nSPS) is 14.0. The van der Waals surface area contributed by atoms with Gasteiger partial charge in [0.1, 0.15) is 5.56 Å². The number of hydrogen-bond acceptors (Lipinski definition) is 4. The summed E-state index contributed by atoms with van der Waals surface area (Å²) >= 11 is 5.76. The summed E-state index contributed by atoms with van der Waals surface area (Å²) in [5, 5.41) is 16.9. The molecule has 0 radical (unpaired) electrons. The largest absolute Gasteiger partial charge is 0.349 e. The number of amides is 2. The fourth-order valence-electron chi connectivity index (χ4n) is 3.09. The predicted octanol–water partition coefficient (Wildman–Crippen LogP) is 4.17. The summed E-state index contributed by atoms with van der Waals surface area (Å²) < 4.78 is 0. The minimum atomic E-state index is -0.656. The van der Waals surface area contributed by atoms with Gasteiger partial charge in [0.25, 0.3) is 17.5 Å². The number of carbonyl (C=O) groups excluding carboxylic acids is 2. The molecule has 0 heterocycles. The van der Waals surface area contributed by atoms with Crippen molar-refractivity contribution in [2.24, 2.45) is 0 Å². The molecule has 27 heavy (non-hydrogen) atoms. The Morgan fingerprint density at radius 1 is 1.04 bits per heavy atom. The lowest BCUT2D eigenvalue weighted by Crippen LogP contribution is -2.32. The summed E-state index contributed by atoms with van der Waals surface area (Å²) in [7, 11) is 0. The summed E-state index contributed by atoms with van der Waals surface area (Å²) in [5.74, 6) is -0.769. The lowest BCUT2D eigenvalue weighted by molar-refractivity contribution is -0.385. The van der Waals surface area contributed by atoms with Gasteiger partial charge in [-0.25, -0.2) is 0 Å². The van der Waals surface area contributed by atoms with Gasteiger partial charge in [0.15, 0.2) is 0 Å². The fourth-order valence-corrected chi connectivity index (χ4v) is 3.26. The lowest BCUT2D eigenvalue weighted by Gasteiger charge is -2.12. The van der Waals surface area contributed by atoms with Crippen LogP contribution in [0.15, 0.2) is 42.5 Å². The summed E-state index contributed by atoms with van der Waals surface area (Å²) in [6, 6.07) is 10.5. The summed E-state index contributed by atoms with van der Waals surface area (Å²) in [6.07, 6.45) is 4.26. The van der Waals surface area contributed by atoms with Crippen LogP contribution in [0, 0.1) is 10.1 Å². The third-order valence-corrected chi connectivity index (χ3v) is 4.73. The first-order valence-corrected chi connectivity index (χ1v) is 8.98. The van der Waals surface area contributed by atoms with E-state index in [-0.39, 0.29) is 28.2 Å². The van der Waals surface area contributed by atoms with Crippen molar-refractivity contribution in [3.8, 4) is 0 Å². The van der Waals surface area contributed by atoms with Crippen molar-refractivity contribution in [1.82, 2.24) is 5.32 Å². The number of nitro groups is 1. The van der Waals surface area contributed by atoms with E-state index in [2.05, 4.69) is 10.6 Å². The molecule has 2 amide bonds. The number of nitro benzene ring substituents is 1. The van der Waals surface area contributed by atoms with E-state index < -0.39 is 10.8 Å². The molecule has 2 aromatic rings. The molecule has 0 bridgehead atoms. The molecule has 0 atom stereocenters. The van der Waals surface area contributed by atoms with Crippen LogP contribution in [0.4, 0.5) is 11.4 Å². The number of anilines is 1. The number of rotatable bonds is 5. The van der Waals surface area contributed by atoms with E-state index >= 15 is 0 Å². The topological polar surface area (TPSA) is 101 Å². The van der Waals surface area contributed by atoms with Crippen LogP contribution >= 0.6 is 11.6 Å². The van der Waals surface area contributed by atoms with Crippen molar-refractivity contribution in [3.05, 3.63) is 68.7 Å². The summed E-state index contributed by atoms with van der Waals surface area (Å²) in [6.45, 7) is 0. The van der Waals surface area contributed by atoms with Crippen molar-refractivity contribution in [3.63, 3.8) is 0 Å². The van der Waals surface area contributed by atoms with Crippen LogP contribution in [0.3, 0.4) is 0 Å². The minimum absolute atomic E-state index is 0.0903. The van der Waals surface area contributed by atoms with Gasteiger partial charge in [0, 0.05) is 28.4 Å². The third-order valence-electron chi connectivity index (χ3n) is 4.50. The van der Waals surface area contributed by atoms with Gasteiger partial charge in [0.2, 0.25) is 0 Å². The van der Waals surface area contributed by atoms with Crippen molar-refractivity contribution in [2.45, 2.75) is 31.7 Å². The van der Waals surface area contributed by atoms with Gasteiger partial charge >= 0.3 is 0 Å². The van der Waals surface area contributed by atoms with Gasteiger partial charge < -0.3 is 10.6 Å². The Kier molecular flexibility index (Phi) is 5.71. The van der Waals surface area contributed by atoms with Crippen LogP contribution in [0.5, 0.6) is 0 Å². The molecule has 7 nitrogen and oxygen atoms in total. The molecule has 2 N–H and O–H groups in total. The average Bonchev–Trinajstić information content (AvgIpc) is 3.15. The zero-order valence-corrected chi connectivity index (χ0v) is 15.2. The number of benzene rings is 2. The van der Waals surface area contributed by atoms with E-state index in [1.807, 2.05) is 0 Å². The molecule has 0 aromatic heterocycles.